The SMILES string of the molecule is CNC(=O)C(=N)C(C)N. The van der Waals surface area contributed by atoms with Crippen molar-refractivity contribution >= 4 is 11.6 Å². The average Bonchev–Trinajstić information content (AvgIpc) is 1.84. The molecule has 0 aliphatic rings. The van der Waals surface area contributed by atoms with Crippen molar-refractivity contribution in [2.45, 2.75) is 13.0 Å². The Morgan fingerprint density at radius 3 is 2.33 bits per heavy atom. The van der Waals surface area contributed by atoms with E-state index in [1.54, 1.807) is 6.92 Å². The van der Waals surface area contributed by atoms with Crippen LogP contribution in [0.3, 0.4) is 0 Å². The van der Waals surface area contributed by atoms with Gasteiger partial charge in [-0.25, -0.2) is 0 Å². The minimum atomic E-state index is -0.482. The molecule has 1 atom stereocenters. The molecule has 0 aromatic heterocycles. The molecule has 4 heteroatoms. The van der Waals surface area contributed by atoms with E-state index in [1.807, 2.05) is 0 Å². The first-order valence-electron chi connectivity index (χ1n) is 2.65. The van der Waals surface area contributed by atoms with Gasteiger partial charge in [-0.2, -0.15) is 0 Å². The molecule has 0 aromatic rings. The molecular weight excluding hydrogens is 118 g/mol. The van der Waals surface area contributed by atoms with Crippen molar-refractivity contribution in [1.29, 1.82) is 5.41 Å². The van der Waals surface area contributed by atoms with E-state index < -0.39 is 11.9 Å². The van der Waals surface area contributed by atoms with Crippen LogP contribution in [0.1, 0.15) is 6.92 Å². The summed E-state index contributed by atoms with van der Waals surface area (Å²) in [6, 6.07) is -0.482. The smallest absolute Gasteiger partial charge is 0.266 e. The molecule has 0 spiro atoms. The highest BCUT2D eigenvalue weighted by Crippen LogP contribution is 1.78. The van der Waals surface area contributed by atoms with Crippen molar-refractivity contribution in [1.82, 2.24) is 5.32 Å². The van der Waals surface area contributed by atoms with Gasteiger partial charge in [0.25, 0.3) is 5.91 Å². The topological polar surface area (TPSA) is 79.0 Å². The number of hydrogen-bond acceptors (Lipinski definition) is 3. The van der Waals surface area contributed by atoms with Crippen LogP contribution in [0.2, 0.25) is 0 Å². The average molecular weight is 129 g/mol. The number of nitrogens with one attached hydrogen (secondary N) is 2. The normalized spacial score (nSPS) is 12.3. The van der Waals surface area contributed by atoms with Gasteiger partial charge in [0.1, 0.15) is 5.71 Å². The number of hydrogen-bond donors (Lipinski definition) is 3. The van der Waals surface area contributed by atoms with E-state index in [0.717, 1.165) is 0 Å². The zero-order valence-electron chi connectivity index (χ0n) is 5.56. The summed E-state index contributed by atoms with van der Waals surface area (Å²) < 4.78 is 0. The van der Waals surface area contributed by atoms with Crippen molar-refractivity contribution in [2.75, 3.05) is 7.05 Å². The van der Waals surface area contributed by atoms with Crippen LogP contribution in [0.25, 0.3) is 0 Å². The Morgan fingerprint density at radius 1 is 1.78 bits per heavy atom. The molecule has 4 N–H and O–H groups in total. The molecule has 1 amide bonds. The van der Waals surface area contributed by atoms with Gasteiger partial charge in [-0.1, -0.05) is 0 Å². The summed E-state index contributed by atoms with van der Waals surface area (Å²) in [7, 11) is 1.47. The Balaban J connectivity index is 3.89. The summed E-state index contributed by atoms with van der Waals surface area (Å²) in [6.07, 6.45) is 0. The van der Waals surface area contributed by atoms with Crippen LogP contribution < -0.4 is 11.1 Å². The quantitative estimate of drug-likeness (QED) is 0.422. The van der Waals surface area contributed by atoms with Gasteiger partial charge in [0, 0.05) is 13.1 Å². The summed E-state index contributed by atoms with van der Waals surface area (Å²) in [6.45, 7) is 1.59. The molecule has 0 rings (SSSR count). The molecular formula is C5H11N3O. The summed E-state index contributed by atoms with van der Waals surface area (Å²) in [5.41, 5.74) is 5.14. The van der Waals surface area contributed by atoms with Crippen LogP contribution >= 0.6 is 0 Å². The predicted molar refractivity (Wildman–Crippen MR) is 35.4 cm³/mol. The largest absolute Gasteiger partial charge is 0.354 e. The maximum Gasteiger partial charge on any atom is 0.266 e. The maximum absolute atomic E-state index is 10.5. The van der Waals surface area contributed by atoms with Crippen LogP contribution in [-0.2, 0) is 4.79 Å². The molecule has 0 radical (unpaired) electrons. The Labute approximate surface area is 53.9 Å². The van der Waals surface area contributed by atoms with Crippen molar-refractivity contribution < 1.29 is 4.79 Å². The second-order valence-corrected chi connectivity index (χ2v) is 1.78. The predicted octanol–water partition coefficient (Wildman–Crippen LogP) is -0.901. The molecule has 4 nitrogen and oxygen atoms in total. The molecule has 0 aliphatic heterocycles. The van der Waals surface area contributed by atoms with E-state index in [9.17, 15) is 4.79 Å². The second kappa shape index (κ2) is 3.19. The van der Waals surface area contributed by atoms with Gasteiger partial charge in [0.2, 0.25) is 0 Å². The highest BCUT2D eigenvalue weighted by molar-refractivity contribution is 6.39. The van der Waals surface area contributed by atoms with Gasteiger partial charge < -0.3 is 11.1 Å². The third kappa shape index (κ3) is 2.23. The van der Waals surface area contributed by atoms with Gasteiger partial charge in [-0.05, 0) is 6.92 Å². The second-order valence-electron chi connectivity index (χ2n) is 1.78. The Morgan fingerprint density at radius 2 is 2.22 bits per heavy atom. The lowest BCUT2D eigenvalue weighted by Crippen LogP contribution is -2.38. The molecule has 9 heavy (non-hydrogen) atoms. The fraction of sp³-hybridized carbons (Fsp3) is 0.600. The van der Waals surface area contributed by atoms with Crippen LogP contribution in [0.5, 0.6) is 0 Å². The fourth-order valence-electron chi connectivity index (χ4n) is 0.341. The molecule has 0 bridgehead atoms. The number of nitrogens with two attached hydrogens (primary N) is 1. The summed E-state index contributed by atoms with van der Waals surface area (Å²) in [5.74, 6) is -0.412. The van der Waals surface area contributed by atoms with E-state index >= 15 is 0 Å². The van der Waals surface area contributed by atoms with E-state index in [2.05, 4.69) is 5.32 Å². The fourth-order valence-corrected chi connectivity index (χ4v) is 0.341. The van der Waals surface area contributed by atoms with Crippen molar-refractivity contribution in [3.05, 3.63) is 0 Å². The first kappa shape index (κ1) is 8.10. The number of rotatable bonds is 2. The minimum absolute atomic E-state index is 0.0856. The summed E-state index contributed by atoms with van der Waals surface area (Å²) in [4.78, 5) is 10.5. The van der Waals surface area contributed by atoms with Crippen molar-refractivity contribution in [3.63, 3.8) is 0 Å². The molecule has 0 fully saturated rings. The number of amides is 1. The van der Waals surface area contributed by atoms with Crippen molar-refractivity contribution in [3.8, 4) is 0 Å². The third-order valence-corrected chi connectivity index (χ3v) is 0.927. The first-order chi connectivity index (χ1) is 4.09. The highest BCUT2D eigenvalue weighted by atomic mass is 16.1. The molecule has 0 aliphatic carbocycles. The van der Waals surface area contributed by atoms with Gasteiger partial charge in [-0.3, -0.25) is 10.2 Å². The zero-order valence-corrected chi connectivity index (χ0v) is 5.56. The molecule has 1 unspecified atom stereocenters. The van der Waals surface area contributed by atoms with Gasteiger partial charge in [-0.15, -0.1) is 0 Å². The number of carbonyl (C=O) groups excluding carboxylic acids is 1. The van der Waals surface area contributed by atoms with E-state index in [-0.39, 0.29) is 5.71 Å². The zero-order chi connectivity index (χ0) is 7.44. The monoisotopic (exact) mass is 129 g/mol. The van der Waals surface area contributed by atoms with E-state index in [4.69, 9.17) is 11.1 Å². The molecule has 0 aromatic carbocycles. The third-order valence-electron chi connectivity index (χ3n) is 0.927. The van der Waals surface area contributed by atoms with Crippen LogP contribution in [0.15, 0.2) is 0 Å². The van der Waals surface area contributed by atoms with Gasteiger partial charge in [0.05, 0.1) is 0 Å². The van der Waals surface area contributed by atoms with Crippen LogP contribution in [0, 0.1) is 5.41 Å². The molecule has 0 heterocycles. The van der Waals surface area contributed by atoms with Crippen LogP contribution in [0.4, 0.5) is 0 Å². The lowest BCUT2D eigenvalue weighted by Gasteiger charge is -2.03. The Kier molecular flexibility index (Phi) is 2.87. The maximum atomic E-state index is 10.5. The van der Waals surface area contributed by atoms with Gasteiger partial charge >= 0.3 is 0 Å². The van der Waals surface area contributed by atoms with E-state index in [0.29, 0.717) is 0 Å². The van der Waals surface area contributed by atoms with Gasteiger partial charge in [0.15, 0.2) is 0 Å². The van der Waals surface area contributed by atoms with Crippen LogP contribution in [-0.4, -0.2) is 24.7 Å². The lowest BCUT2D eigenvalue weighted by atomic mass is 10.2. The highest BCUT2D eigenvalue weighted by Gasteiger charge is 2.09. The summed E-state index contributed by atoms with van der Waals surface area (Å²) in [5, 5.41) is 9.31. The summed E-state index contributed by atoms with van der Waals surface area (Å²) >= 11 is 0. The lowest BCUT2D eigenvalue weighted by molar-refractivity contribution is -0.114. The molecule has 0 saturated heterocycles. The standard InChI is InChI=1S/C5H11N3O/c1-3(6)4(7)5(9)8-2/h3,7H,6H2,1-2H3,(H,8,9). The Bertz CT molecular complexity index is 130. The Hall–Kier alpha value is -0.900. The first-order valence-corrected chi connectivity index (χ1v) is 2.65. The molecule has 52 valence electrons. The van der Waals surface area contributed by atoms with E-state index in [1.165, 1.54) is 7.05 Å². The molecule has 0 saturated carbocycles. The number of carbonyl (C=O) groups is 1. The minimum Gasteiger partial charge on any atom is -0.354 e. The van der Waals surface area contributed by atoms with Crippen molar-refractivity contribution in [2.24, 2.45) is 5.73 Å².